The molecule has 0 aliphatic rings. The Hall–Kier alpha value is -1.71. The lowest BCUT2D eigenvalue weighted by molar-refractivity contribution is 0.616. The van der Waals surface area contributed by atoms with Crippen LogP contribution < -0.4 is 11.3 Å². The Morgan fingerprint density at radius 1 is 1.05 bits per heavy atom. The molecule has 0 aliphatic carbocycles. The van der Waals surface area contributed by atoms with Crippen LogP contribution in [0.1, 0.15) is 53.8 Å². The van der Waals surface area contributed by atoms with Crippen molar-refractivity contribution < 1.29 is 0 Å². The molecule has 0 aliphatic heterocycles. The van der Waals surface area contributed by atoms with Crippen molar-refractivity contribution in [2.45, 2.75) is 39.7 Å². The number of nitrogens with one attached hydrogen (secondary N) is 1. The van der Waals surface area contributed by atoms with Crippen LogP contribution in [0, 0.1) is 13.8 Å². The van der Waals surface area contributed by atoms with Gasteiger partial charge < -0.3 is 0 Å². The van der Waals surface area contributed by atoms with Crippen LogP contribution in [0.3, 0.4) is 0 Å². The number of rotatable bonds is 4. The topological polar surface area (TPSA) is 50.9 Å². The molecule has 20 heavy (non-hydrogen) atoms. The second kappa shape index (κ2) is 6.16. The second-order valence-electron chi connectivity index (χ2n) is 5.64. The van der Waals surface area contributed by atoms with E-state index in [9.17, 15) is 0 Å². The Labute approximate surface area is 121 Å². The summed E-state index contributed by atoms with van der Waals surface area (Å²) in [4.78, 5) is 4.54. The van der Waals surface area contributed by atoms with Gasteiger partial charge in [0.15, 0.2) is 0 Å². The highest BCUT2D eigenvalue weighted by atomic mass is 15.2. The lowest BCUT2D eigenvalue weighted by Gasteiger charge is -2.19. The monoisotopic (exact) mass is 269 g/mol. The van der Waals surface area contributed by atoms with Crippen LogP contribution in [0.4, 0.5) is 0 Å². The highest BCUT2D eigenvalue weighted by Gasteiger charge is 2.16. The van der Waals surface area contributed by atoms with E-state index in [2.05, 4.69) is 61.5 Å². The molecule has 0 amide bonds. The largest absolute Gasteiger partial charge is 0.271 e. The predicted octanol–water partition coefficient (Wildman–Crippen LogP) is 3.37. The number of hydrazine groups is 1. The zero-order valence-corrected chi connectivity index (χ0v) is 12.6. The number of hydrogen-bond donors (Lipinski definition) is 2. The number of nitrogens with two attached hydrogens (primary N) is 1. The van der Waals surface area contributed by atoms with Gasteiger partial charge in [-0.3, -0.25) is 10.8 Å². The van der Waals surface area contributed by atoms with E-state index >= 15 is 0 Å². The van der Waals surface area contributed by atoms with Gasteiger partial charge in [0.25, 0.3) is 0 Å². The predicted molar refractivity (Wildman–Crippen MR) is 83.4 cm³/mol. The molecule has 3 N–H and O–H groups in total. The maximum atomic E-state index is 5.75. The fourth-order valence-electron chi connectivity index (χ4n) is 2.43. The van der Waals surface area contributed by atoms with E-state index in [0.29, 0.717) is 5.92 Å². The van der Waals surface area contributed by atoms with Crippen molar-refractivity contribution in [3.8, 4) is 0 Å². The van der Waals surface area contributed by atoms with Crippen LogP contribution >= 0.6 is 0 Å². The van der Waals surface area contributed by atoms with Crippen molar-refractivity contribution in [3.63, 3.8) is 0 Å². The van der Waals surface area contributed by atoms with E-state index < -0.39 is 0 Å². The van der Waals surface area contributed by atoms with E-state index in [-0.39, 0.29) is 6.04 Å². The summed E-state index contributed by atoms with van der Waals surface area (Å²) in [5.74, 6) is 6.29. The van der Waals surface area contributed by atoms with Crippen molar-refractivity contribution in [2.24, 2.45) is 5.84 Å². The first-order valence-electron chi connectivity index (χ1n) is 7.02. The molecule has 3 nitrogen and oxygen atoms in total. The lowest BCUT2D eigenvalue weighted by atomic mass is 9.96. The summed E-state index contributed by atoms with van der Waals surface area (Å²) < 4.78 is 0. The van der Waals surface area contributed by atoms with Crippen LogP contribution in [0.2, 0.25) is 0 Å². The fraction of sp³-hybridized carbons (Fsp3) is 0.353. The van der Waals surface area contributed by atoms with Crippen LogP contribution in [-0.2, 0) is 0 Å². The molecular formula is C17H23N3. The summed E-state index contributed by atoms with van der Waals surface area (Å²) in [5.41, 5.74) is 8.65. The highest BCUT2D eigenvalue weighted by Crippen LogP contribution is 2.24. The summed E-state index contributed by atoms with van der Waals surface area (Å²) in [6, 6.07) is 10.6. The maximum absolute atomic E-state index is 5.75. The van der Waals surface area contributed by atoms with Crippen molar-refractivity contribution >= 4 is 0 Å². The molecule has 1 heterocycles. The molecule has 1 unspecified atom stereocenters. The van der Waals surface area contributed by atoms with Crippen LogP contribution in [0.5, 0.6) is 0 Å². The number of pyridine rings is 1. The number of benzene rings is 1. The second-order valence-corrected chi connectivity index (χ2v) is 5.64. The Kier molecular flexibility index (Phi) is 4.53. The van der Waals surface area contributed by atoms with Gasteiger partial charge in [-0.15, -0.1) is 0 Å². The van der Waals surface area contributed by atoms with Gasteiger partial charge in [0, 0.05) is 6.20 Å². The number of aryl methyl sites for hydroxylation is 2. The lowest BCUT2D eigenvalue weighted by Crippen LogP contribution is -2.30. The summed E-state index contributed by atoms with van der Waals surface area (Å²) >= 11 is 0. The summed E-state index contributed by atoms with van der Waals surface area (Å²) in [6.45, 7) is 8.51. The van der Waals surface area contributed by atoms with Crippen LogP contribution in [-0.4, -0.2) is 4.98 Å². The molecule has 0 spiro atoms. The highest BCUT2D eigenvalue weighted by molar-refractivity contribution is 5.35. The Bertz CT molecular complexity index is 573. The maximum Gasteiger partial charge on any atom is 0.0884 e. The van der Waals surface area contributed by atoms with Crippen molar-refractivity contribution in [2.75, 3.05) is 0 Å². The zero-order chi connectivity index (χ0) is 14.7. The molecule has 106 valence electrons. The molecule has 3 heteroatoms. The first-order chi connectivity index (χ1) is 9.52. The standard InChI is InChI=1S/C17H23N3/c1-11(2)14-5-7-15(8-6-14)17(20-18)16-13(4)9-12(3)10-19-16/h5-11,17,20H,18H2,1-4H3. The first-order valence-corrected chi connectivity index (χ1v) is 7.02. The fourth-order valence-corrected chi connectivity index (χ4v) is 2.43. The molecule has 0 radical (unpaired) electrons. The Balaban J connectivity index is 2.36. The van der Waals surface area contributed by atoms with Gasteiger partial charge >= 0.3 is 0 Å². The van der Waals surface area contributed by atoms with Crippen molar-refractivity contribution in [1.82, 2.24) is 10.4 Å². The summed E-state index contributed by atoms with van der Waals surface area (Å²) in [5, 5.41) is 0. The van der Waals surface area contributed by atoms with Gasteiger partial charge in [0.2, 0.25) is 0 Å². The van der Waals surface area contributed by atoms with Crippen molar-refractivity contribution in [3.05, 3.63) is 64.5 Å². The van der Waals surface area contributed by atoms with Gasteiger partial charge in [-0.05, 0) is 42.0 Å². The Morgan fingerprint density at radius 2 is 1.65 bits per heavy atom. The quantitative estimate of drug-likeness (QED) is 0.661. The molecule has 1 atom stereocenters. The normalized spacial score (nSPS) is 12.7. The minimum absolute atomic E-state index is 0.0724. The number of hydrogen-bond acceptors (Lipinski definition) is 3. The zero-order valence-electron chi connectivity index (χ0n) is 12.6. The van der Waals surface area contributed by atoms with E-state index in [0.717, 1.165) is 22.4 Å². The van der Waals surface area contributed by atoms with E-state index in [1.54, 1.807) is 0 Å². The van der Waals surface area contributed by atoms with Crippen LogP contribution in [0.25, 0.3) is 0 Å². The molecule has 2 rings (SSSR count). The molecule has 0 saturated heterocycles. The smallest absolute Gasteiger partial charge is 0.0884 e. The van der Waals surface area contributed by atoms with Gasteiger partial charge in [-0.25, -0.2) is 5.43 Å². The van der Waals surface area contributed by atoms with Gasteiger partial charge in [0.05, 0.1) is 11.7 Å². The van der Waals surface area contributed by atoms with E-state index in [4.69, 9.17) is 5.84 Å². The first kappa shape index (κ1) is 14.7. The third-order valence-corrected chi connectivity index (χ3v) is 3.63. The summed E-state index contributed by atoms with van der Waals surface area (Å²) in [7, 11) is 0. The average Bonchev–Trinajstić information content (AvgIpc) is 2.42. The molecule has 0 saturated carbocycles. The molecular weight excluding hydrogens is 246 g/mol. The molecule has 0 bridgehead atoms. The molecule has 1 aromatic heterocycles. The van der Waals surface area contributed by atoms with Gasteiger partial charge in [0.1, 0.15) is 0 Å². The van der Waals surface area contributed by atoms with E-state index in [1.165, 1.54) is 5.56 Å². The van der Waals surface area contributed by atoms with Crippen LogP contribution in [0.15, 0.2) is 36.5 Å². The molecule has 2 aromatic rings. The van der Waals surface area contributed by atoms with Gasteiger partial charge in [-0.2, -0.15) is 0 Å². The number of nitrogens with zero attached hydrogens (tertiary/aromatic N) is 1. The van der Waals surface area contributed by atoms with E-state index in [1.807, 2.05) is 13.1 Å². The molecule has 1 aromatic carbocycles. The number of aromatic nitrogens is 1. The van der Waals surface area contributed by atoms with Gasteiger partial charge in [-0.1, -0.05) is 44.2 Å². The third-order valence-electron chi connectivity index (χ3n) is 3.63. The SMILES string of the molecule is Cc1cnc(C(NN)c2ccc(C(C)C)cc2)c(C)c1. The average molecular weight is 269 g/mol. The minimum atomic E-state index is -0.0724. The van der Waals surface area contributed by atoms with Crippen molar-refractivity contribution in [1.29, 1.82) is 0 Å². The third kappa shape index (κ3) is 3.06. The minimum Gasteiger partial charge on any atom is -0.271 e. The molecule has 0 fully saturated rings. The Morgan fingerprint density at radius 3 is 2.15 bits per heavy atom. The summed E-state index contributed by atoms with van der Waals surface area (Å²) in [6.07, 6.45) is 1.88.